The van der Waals surface area contributed by atoms with Crippen molar-refractivity contribution in [1.82, 2.24) is 15.3 Å². The Morgan fingerprint density at radius 3 is 3.04 bits per heavy atom. The normalized spacial score (nSPS) is 22.0. The molecule has 1 aliphatic heterocycles. The number of carbonyl (C=O) groups is 1. The van der Waals surface area contributed by atoms with Gasteiger partial charge in [-0.3, -0.25) is 9.59 Å². The second-order valence-electron chi connectivity index (χ2n) is 6.98. The minimum atomic E-state index is -0.307. The molecule has 3 N–H and O–H groups in total. The second-order valence-corrected chi connectivity index (χ2v) is 6.98. The summed E-state index contributed by atoms with van der Waals surface area (Å²) in [6.45, 7) is 0.682. The highest BCUT2D eigenvalue weighted by Crippen LogP contribution is 2.39. The molecule has 1 aromatic carbocycles. The van der Waals surface area contributed by atoms with E-state index >= 15 is 0 Å². The van der Waals surface area contributed by atoms with Crippen molar-refractivity contribution >= 4 is 5.91 Å². The third-order valence-electron chi connectivity index (χ3n) is 5.15. The van der Waals surface area contributed by atoms with Gasteiger partial charge in [0.15, 0.2) is 0 Å². The average Bonchev–Trinajstić information content (AvgIpc) is 3.07. The number of aliphatic hydroxyl groups excluding tert-OH is 1. The molecule has 0 radical (unpaired) electrons. The summed E-state index contributed by atoms with van der Waals surface area (Å²) in [4.78, 5) is 30.6. The Labute approximate surface area is 150 Å². The molecule has 0 unspecified atom stereocenters. The van der Waals surface area contributed by atoms with E-state index in [4.69, 9.17) is 4.74 Å². The lowest BCUT2D eigenvalue weighted by Gasteiger charge is -2.38. The van der Waals surface area contributed by atoms with E-state index in [-0.39, 0.29) is 36.0 Å². The summed E-state index contributed by atoms with van der Waals surface area (Å²) in [6.07, 6.45) is 4.56. The van der Waals surface area contributed by atoms with Crippen molar-refractivity contribution in [3.8, 4) is 5.75 Å². The number of amides is 1. The first-order chi connectivity index (χ1) is 12.6. The van der Waals surface area contributed by atoms with Gasteiger partial charge in [0.1, 0.15) is 5.75 Å². The summed E-state index contributed by atoms with van der Waals surface area (Å²) in [5, 5.41) is 12.7. The number of H-pyrrole nitrogens is 1. The molecule has 1 atom stereocenters. The molecule has 0 spiro atoms. The summed E-state index contributed by atoms with van der Waals surface area (Å²) in [5.41, 5.74) is 2.19. The van der Waals surface area contributed by atoms with Crippen LogP contribution < -0.4 is 15.6 Å². The van der Waals surface area contributed by atoms with Crippen LogP contribution in [0.25, 0.3) is 0 Å². The van der Waals surface area contributed by atoms with Gasteiger partial charge < -0.3 is 20.1 Å². The highest BCUT2D eigenvalue weighted by Gasteiger charge is 2.36. The van der Waals surface area contributed by atoms with Gasteiger partial charge in [-0.05, 0) is 42.0 Å². The Balaban J connectivity index is 1.53. The Morgan fingerprint density at radius 2 is 2.27 bits per heavy atom. The predicted octanol–water partition coefficient (Wildman–Crippen LogP) is 0.876. The van der Waals surface area contributed by atoms with Gasteiger partial charge in [-0.15, -0.1) is 0 Å². The predicted molar refractivity (Wildman–Crippen MR) is 93.8 cm³/mol. The number of ether oxygens (including phenoxy) is 1. The minimum Gasteiger partial charge on any atom is -0.493 e. The molecule has 0 saturated heterocycles. The lowest BCUT2D eigenvalue weighted by molar-refractivity contribution is -0.122. The number of hydrogen-bond acceptors (Lipinski definition) is 5. The van der Waals surface area contributed by atoms with Crippen LogP contribution in [0.5, 0.6) is 5.75 Å². The molecule has 4 rings (SSSR count). The third kappa shape index (κ3) is 3.35. The smallest absolute Gasteiger partial charge is 0.254 e. The topological polar surface area (TPSA) is 104 Å². The van der Waals surface area contributed by atoms with Crippen LogP contribution in [0, 0.1) is 5.92 Å². The Kier molecular flexibility index (Phi) is 4.46. The van der Waals surface area contributed by atoms with Gasteiger partial charge >= 0.3 is 0 Å². The van der Waals surface area contributed by atoms with Crippen LogP contribution in [-0.4, -0.2) is 33.7 Å². The molecular formula is C19H21N3O4. The van der Waals surface area contributed by atoms with Crippen LogP contribution in [0.3, 0.4) is 0 Å². The fraction of sp³-hybridized carbons (Fsp3) is 0.421. The summed E-state index contributed by atoms with van der Waals surface area (Å²) in [6, 6.07) is 5.80. The van der Waals surface area contributed by atoms with Gasteiger partial charge in [-0.1, -0.05) is 6.07 Å². The molecule has 1 amide bonds. The SMILES string of the molecule is O=C(Cc1cnc[nH]c1=O)N[C@@H](c1ccc2c(c1)CCO2)C1CC(O)C1. The van der Waals surface area contributed by atoms with Crippen molar-refractivity contribution in [3.63, 3.8) is 0 Å². The van der Waals surface area contributed by atoms with Crippen molar-refractivity contribution in [2.45, 2.75) is 37.8 Å². The monoisotopic (exact) mass is 355 g/mol. The fourth-order valence-electron chi connectivity index (χ4n) is 3.67. The molecule has 2 heterocycles. The maximum atomic E-state index is 12.5. The van der Waals surface area contributed by atoms with Crippen molar-refractivity contribution in [3.05, 3.63) is 57.8 Å². The van der Waals surface area contributed by atoms with Crippen LogP contribution >= 0.6 is 0 Å². The largest absolute Gasteiger partial charge is 0.493 e. The maximum absolute atomic E-state index is 12.5. The lowest BCUT2D eigenvalue weighted by atomic mass is 9.74. The zero-order valence-corrected chi connectivity index (χ0v) is 14.3. The second kappa shape index (κ2) is 6.92. The van der Waals surface area contributed by atoms with Crippen LogP contribution in [-0.2, 0) is 17.6 Å². The van der Waals surface area contributed by atoms with E-state index in [1.165, 1.54) is 12.5 Å². The van der Waals surface area contributed by atoms with Gasteiger partial charge in [0.2, 0.25) is 5.91 Å². The van der Waals surface area contributed by atoms with E-state index < -0.39 is 0 Å². The van der Waals surface area contributed by atoms with Crippen LogP contribution in [0.4, 0.5) is 0 Å². The van der Waals surface area contributed by atoms with Gasteiger partial charge in [-0.25, -0.2) is 4.98 Å². The first-order valence-corrected chi connectivity index (χ1v) is 8.85. The van der Waals surface area contributed by atoms with Crippen molar-refractivity contribution in [1.29, 1.82) is 0 Å². The number of fused-ring (bicyclic) bond motifs is 1. The first-order valence-electron chi connectivity index (χ1n) is 8.85. The molecule has 0 bridgehead atoms. The molecular weight excluding hydrogens is 334 g/mol. The zero-order valence-electron chi connectivity index (χ0n) is 14.3. The number of aromatic amines is 1. The lowest BCUT2D eigenvalue weighted by Crippen LogP contribution is -2.42. The quantitative estimate of drug-likeness (QED) is 0.738. The summed E-state index contributed by atoms with van der Waals surface area (Å²) in [5.74, 6) is 0.850. The van der Waals surface area contributed by atoms with Crippen LogP contribution in [0.2, 0.25) is 0 Å². The van der Waals surface area contributed by atoms with Crippen molar-refractivity contribution in [2.24, 2.45) is 5.92 Å². The van der Waals surface area contributed by atoms with E-state index in [1.54, 1.807) is 0 Å². The van der Waals surface area contributed by atoms with E-state index in [2.05, 4.69) is 21.4 Å². The Hall–Kier alpha value is -2.67. The number of carbonyl (C=O) groups excluding carboxylic acids is 1. The number of rotatable bonds is 5. The van der Waals surface area contributed by atoms with Crippen molar-refractivity contribution in [2.75, 3.05) is 6.61 Å². The molecule has 7 nitrogen and oxygen atoms in total. The third-order valence-corrected chi connectivity index (χ3v) is 5.15. The molecule has 1 aliphatic carbocycles. The number of aromatic nitrogens is 2. The number of aliphatic hydroxyl groups is 1. The number of hydrogen-bond donors (Lipinski definition) is 3. The minimum absolute atomic E-state index is 0.0248. The van der Waals surface area contributed by atoms with E-state index in [0.29, 0.717) is 25.0 Å². The molecule has 2 aromatic rings. The van der Waals surface area contributed by atoms with Gasteiger partial charge in [0.25, 0.3) is 5.56 Å². The first kappa shape index (κ1) is 16.8. The average molecular weight is 355 g/mol. The molecule has 2 aliphatic rings. The number of nitrogens with one attached hydrogen (secondary N) is 2. The highest BCUT2D eigenvalue weighted by atomic mass is 16.5. The fourth-order valence-corrected chi connectivity index (χ4v) is 3.67. The number of benzene rings is 1. The highest BCUT2D eigenvalue weighted by molar-refractivity contribution is 5.79. The zero-order chi connectivity index (χ0) is 18.1. The van der Waals surface area contributed by atoms with Gasteiger partial charge in [-0.2, -0.15) is 0 Å². The summed E-state index contributed by atoms with van der Waals surface area (Å²) < 4.78 is 5.55. The standard InChI is InChI=1S/C19H21N3O4/c23-15-6-13(7-15)18(12-1-2-16-11(5-12)3-4-26-16)22-17(24)8-14-9-20-10-21-19(14)25/h1-2,5,9-10,13,15,18,23H,3-4,6-8H2,(H,22,24)(H,20,21,25)/t13?,15?,18-/m0/s1. The van der Waals surface area contributed by atoms with Crippen LogP contribution in [0.1, 0.15) is 35.6 Å². The Morgan fingerprint density at radius 1 is 1.42 bits per heavy atom. The van der Waals surface area contributed by atoms with E-state index in [9.17, 15) is 14.7 Å². The number of nitrogens with zero attached hydrogens (tertiary/aromatic N) is 1. The molecule has 136 valence electrons. The van der Waals surface area contributed by atoms with Crippen LogP contribution in [0.15, 0.2) is 35.5 Å². The van der Waals surface area contributed by atoms with E-state index in [0.717, 1.165) is 23.3 Å². The maximum Gasteiger partial charge on any atom is 0.254 e. The molecule has 1 fully saturated rings. The van der Waals surface area contributed by atoms with Gasteiger partial charge in [0, 0.05) is 18.2 Å². The van der Waals surface area contributed by atoms with Crippen molar-refractivity contribution < 1.29 is 14.6 Å². The summed E-state index contributed by atoms with van der Waals surface area (Å²) in [7, 11) is 0. The Bertz CT molecular complexity index is 873. The molecule has 1 aromatic heterocycles. The van der Waals surface area contributed by atoms with E-state index in [1.807, 2.05) is 12.1 Å². The summed E-state index contributed by atoms with van der Waals surface area (Å²) >= 11 is 0. The van der Waals surface area contributed by atoms with Gasteiger partial charge in [0.05, 0.1) is 31.5 Å². The molecule has 7 heteroatoms. The molecule has 1 saturated carbocycles. The molecule has 26 heavy (non-hydrogen) atoms.